The lowest BCUT2D eigenvalue weighted by Crippen LogP contribution is -2.22. The first-order valence-corrected chi connectivity index (χ1v) is 6.53. The summed E-state index contributed by atoms with van der Waals surface area (Å²) >= 11 is 0. The summed E-state index contributed by atoms with van der Waals surface area (Å²) in [5.74, 6) is 0. The molecule has 0 saturated heterocycles. The lowest BCUT2D eigenvalue weighted by Gasteiger charge is -2.30. The second-order valence-corrected chi connectivity index (χ2v) is 6.31. The van der Waals surface area contributed by atoms with Gasteiger partial charge in [0.25, 0.3) is 0 Å². The van der Waals surface area contributed by atoms with E-state index in [4.69, 9.17) is 5.73 Å². The average Bonchev–Trinajstić information content (AvgIpc) is 2.17. The summed E-state index contributed by atoms with van der Waals surface area (Å²) in [5, 5.41) is 0. The molecule has 0 heterocycles. The van der Waals surface area contributed by atoms with Gasteiger partial charge in [-0.1, -0.05) is 61.5 Å². The van der Waals surface area contributed by atoms with Crippen LogP contribution in [0.25, 0.3) is 0 Å². The molecule has 1 nitrogen and oxygen atoms in total. The van der Waals surface area contributed by atoms with Gasteiger partial charge in [-0.3, -0.25) is 0 Å². The predicted molar refractivity (Wildman–Crippen MR) is 79.6 cm³/mol. The molecule has 17 heavy (non-hydrogen) atoms. The van der Waals surface area contributed by atoms with Gasteiger partial charge in [0, 0.05) is 5.69 Å². The molecule has 0 aliphatic carbocycles. The minimum atomic E-state index is 0.151. The maximum Gasteiger partial charge on any atom is 0.0317 e. The van der Waals surface area contributed by atoms with Gasteiger partial charge in [0.05, 0.1) is 0 Å². The summed E-state index contributed by atoms with van der Waals surface area (Å²) in [4.78, 5) is 0. The molecule has 1 aromatic rings. The quantitative estimate of drug-likeness (QED) is 0.637. The monoisotopic (exact) mass is 235 g/mol. The van der Waals surface area contributed by atoms with Crippen LogP contribution in [-0.4, -0.2) is 0 Å². The highest BCUT2D eigenvalue weighted by Crippen LogP contribution is 2.34. The normalized spacial score (nSPS) is 11.8. The van der Waals surface area contributed by atoms with Crippen LogP contribution in [0.15, 0.2) is 18.2 Å². The SMILES string of the molecule is CC.CC(C)(C)c1ccc(N)cc1C(C)(C)C. The van der Waals surface area contributed by atoms with Gasteiger partial charge in [0.1, 0.15) is 0 Å². The Morgan fingerprint density at radius 3 is 1.53 bits per heavy atom. The van der Waals surface area contributed by atoms with Crippen molar-refractivity contribution < 1.29 is 0 Å². The highest BCUT2D eigenvalue weighted by Gasteiger charge is 2.24. The zero-order chi connectivity index (χ0) is 13.9. The number of hydrogen-bond acceptors (Lipinski definition) is 1. The number of benzene rings is 1. The van der Waals surface area contributed by atoms with Crippen molar-refractivity contribution in [3.63, 3.8) is 0 Å². The van der Waals surface area contributed by atoms with Crippen molar-refractivity contribution in [2.24, 2.45) is 0 Å². The zero-order valence-electron chi connectivity index (χ0n) is 12.8. The van der Waals surface area contributed by atoms with Crippen LogP contribution in [0.3, 0.4) is 0 Å². The van der Waals surface area contributed by atoms with Gasteiger partial charge in [-0.05, 0) is 34.1 Å². The van der Waals surface area contributed by atoms with Crippen LogP contribution in [0.2, 0.25) is 0 Å². The summed E-state index contributed by atoms with van der Waals surface area (Å²) in [5.41, 5.74) is 9.80. The Kier molecular flexibility index (Phi) is 5.25. The van der Waals surface area contributed by atoms with E-state index in [0.29, 0.717) is 0 Å². The number of nitrogen functional groups attached to an aromatic ring is 1. The molecule has 0 fully saturated rings. The fourth-order valence-corrected chi connectivity index (χ4v) is 1.84. The first-order chi connectivity index (χ1) is 7.62. The van der Waals surface area contributed by atoms with Crippen molar-refractivity contribution in [3.8, 4) is 0 Å². The molecule has 0 radical (unpaired) electrons. The van der Waals surface area contributed by atoms with E-state index in [-0.39, 0.29) is 10.8 Å². The first kappa shape index (κ1) is 16.0. The molecule has 0 unspecified atom stereocenters. The molecule has 98 valence electrons. The number of rotatable bonds is 0. The third-order valence-corrected chi connectivity index (χ3v) is 2.66. The van der Waals surface area contributed by atoms with Crippen molar-refractivity contribution in [1.29, 1.82) is 0 Å². The van der Waals surface area contributed by atoms with Gasteiger partial charge in [0.2, 0.25) is 0 Å². The number of nitrogens with two attached hydrogens (primary N) is 1. The summed E-state index contributed by atoms with van der Waals surface area (Å²) < 4.78 is 0. The lowest BCUT2D eigenvalue weighted by molar-refractivity contribution is 0.530. The predicted octanol–water partition coefficient (Wildman–Crippen LogP) is 4.89. The van der Waals surface area contributed by atoms with Gasteiger partial charge < -0.3 is 5.73 Å². The highest BCUT2D eigenvalue weighted by molar-refractivity contribution is 5.49. The molecule has 1 aromatic carbocycles. The summed E-state index contributed by atoms with van der Waals surface area (Å²) in [6.45, 7) is 17.4. The second kappa shape index (κ2) is 5.57. The minimum absolute atomic E-state index is 0.151. The Bertz CT molecular complexity index is 351. The maximum absolute atomic E-state index is 5.87. The smallest absolute Gasteiger partial charge is 0.0317 e. The molecule has 0 amide bonds. The topological polar surface area (TPSA) is 26.0 Å². The molecular formula is C16H29N. The Morgan fingerprint density at radius 2 is 1.18 bits per heavy atom. The molecular weight excluding hydrogens is 206 g/mol. The van der Waals surface area contributed by atoms with Crippen LogP contribution in [0.1, 0.15) is 66.5 Å². The highest BCUT2D eigenvalue weighted by atomic mass is 14.5. The molecule has 0 bridgehead atoms. The van der Waals surface area contributed by atoms with Crippen LogP contribution in [-0.2, 0) is 10.8 Å². The van der Waals surface area contributed by atoms with Crippen LogP contribution < -0.4 is 5.73 Å². The summed E-state index contributed by atoms with van der Waals surface area (Å²) in [6, 6.07) is 6.27. The molecule has 1 rings (SSSR count). The molecule has 1 heteroatoms. The van der Waals surface area contributed by atoms with Crippen molar-refractivity contribution in [2.75, 3.05) is 5.73 Å². The van der Waals surface area contributed by atoms with Gasteiger partial charge in [-0.25, -0.2) is 0 Å². The van der Waals surface area contributed by atoms with Gasteiger partial charge in [0.15, 0.2) is 0 Å². The molecule has 0 aromatic heterocycles. The van der Waals surface area contributed by atoms with Crippen molar-refractivity contribution >= 4 is 5.69 Å². The van der Waals surface area contributed by atoms with E-state index in [0.717, 1.165) is 5.69 Å². The average molecular weight is 235 g/mol. The number of anilines is 1. The summed E-state index contributed by atoms with van der Waals surface area (Å²) in [7, 11) is 0. The van der Waals surface area contributed by atoms with Crippen molar-refractivity contribution in [1.82, 2.24) is 0 Å². The fourth-order valence-electron chi connectivity index (χ4n) is 1.84. The first-order valence-electron chi connectivity index (χ1n) is 6.53. The standard InChI is InChI=1S/C14H23N.C2H6/c1-13(2,3)11-8-7-10(15)9-12(11)14(4,5)6;1-2/h7-9H,15H2,1-6H3;1-2H3. The molecule has 0 aliphatic rings. The molecule has 0 saturated carbocycles. The Hall–Kier alpha value is -0.980. The number of hydrogen-bond donors (Lipinski definition) is 1. The van der Waals surface area contributed by atoms with Crippen molar-refractivity contribution in [3.05, 3.63) is 29.3 Å². The van der Waals surface area contributed by atoms with E-state index in [2.05, 4.69) is 53.7 Å². The van der Waals surface area contributed by atoms with Crippen molar-refractivity contribution in [2.45, 2.75) is 66.2 Å². The van der Waals surface area contributed by atoms with E-state index in [1.165, 1.54) is 11.1 Å². The fraction of sp³-hybridized carbons (Fsp3) is 0.625. The van der Waals surface area contributed by atoms with Gasteiger partial charge >= 0.3 is 0 Å². The van der Waals surface area contributed by atoms with Gasteiger partial charge in [-0.15, -0.1) is 0 Å². The molecule has 0 aliphatic heterocycles. The maximum atomic E-state index is 5.87. The van der Waals surface area contributed by atoms with Crippen LogP contribution >= 0.6 is 0 Å². The Balaban J connectivity index is 0.00000121. The van der Waals surface area contributed by atoms with E-state index < -0.39 is 0 Å². The summed E-state index contributed by atoms with van der Waals surface area (Å²) in [6.07, 6.45) is 0. The molecule has 0 spiro atoms. The van der Waals surface area contributed by atoms with E-state index in [1.54, 1.807) is 0 Å². The zero-order valence-corrected chi connectivity index (χ0v) is 12.8. The Labute approximate surface area is 107 Å². The van der Waals surface area contributed by atoms with E-state index >= 15 is 0 Å². The van der Waals surface area contributed by atoms with Gasteiger partial charge in [-0.2, -0.15) is 0 Å². The lowest BCUT2D eigenvalue weighted by atomic mass is 9.75. The van der Waals surface area contributed by atoms with Crippen LogP contribution in [0.5, 0.6) is 0 Å². The largest absolute Gasteiger partial charge is 0.399 e. The van der Waals surface area contributed by atoms with E-state index in [1.807, 2.05) is 19.9 Å². The van der Waals surface area contributed by atoms with E-state index in [9.17, 15) is 0 Å². The minimum Gasteiger partial charge on any atom is -0.399 e. The third-order valence-electron chi connectivity index (χ3n) is 2.66. The third kappa shape index (κ3) is 4.41. The molecule has 0 atom stereocenters. The van der Waals surface area contributed by atoms with Crippen LogP contribution in [0, 0.1) is 0 Å². The molecule has 2 N–H and O–H groups in total. The Morgan fingerprint density at radius 1 is 0.765 bits per heavy atom. The second-order valence-electron chi connectivity index (χ2n) is 6.31. The van der Waals surface area contributed by atoms with Crippen LogP contribution in [0.4, 0.5) is 5.69 Å².